The number of halogens is 3. The lowest BCUT2D eigenvalue weighted by Crippen LogP contribution is -2.06. The fourth-order valence-corrected chi connectivity index (χ4v) is 3.17. The highest BCUT2D eigenvalue weighted by molar-refractivity contribution is 6.33. The maximum atomic E-state index is 13.8. The molecule has 0 radical (unpaired) electrons. The molecule has 4 aromatic rings. The minimum absolute atomic E-state index is 0.0797. The van der Waals surface area contributed by atoms with E-state index in [2.05, 4.69) is 20.3 Å². The number of fused-ring (bicyclic) bond motifs is 1. The summed E-state index contributed by atoms with van der Waals surface area (Å²) in [5.41, 5.74) is 1.29. The smallest absolute Gasteiger partial charge is 0.336 e. The molecule has 0 fully saturated rings. The van der Waals surface area contributed by atoms with E-state index < -0.39 is 17.6 Å². The molecule has 0 saturated heterocycles. The van der Waals surface area contributed by atoms with Gasteiger partial charge in [0.15, 0.2) is 5.65 Å². The average molecular weight is 445 g/mol. The quantitative estimate of drug-likeness (QED) is 0.373. The number of aromatic amines is 1. The average Bonchev–Trinajstić information content (AvgIpc) is 3.09. The largest absolute Gasteiger partial charge is 0.478 e. The van der Waals surface area contributed by atoms with E-state index in [1.807, 2.05) is 0 Å². The SMILES string of the molecule is Cc1ccc(Oc2nc3nc(NCc4c(F)cccc4F)c(Cl)cc3[nH]2)cc1C(=O)O. The molecule has 2 aromatic heterocycles. The molecule has 0 saturated carbocycles. The van der Waals surface area contributed by atoms with Crippen LogP contribution >= 0.6 is 11.6 Å². The summed E-state index contributed by atoms with van der Waals surface area (Å²) in [6, 6.07) is 9.86. The number of H-pyrrole nitrogens is 1. The Morgan fingerprint density at radius 3 is 2.65 bits per heavy atom. The van der Waals surface area contributed by atoms with Crippen LogP contribution < -0.4 is 10.1 Å². The highest BCUT2D eigenvalue weighted by atomic mass is 35.5. The highest BCUT2D eigenvalue weighted by Crippen LogP contribution is 2.28. The molecule has 3 N–H and O–H groups in total. The lowest BCUT2D eigenvalue weighted by molar-refractivity contribution is 0.0695. The van der Waals surface area contributed by atoms with Gasteiger partial charge < -0.3 is 20.1 Å². The number of aryl methyl sites for hydroxylation is 1. The first-order chi connectivity index (χ1) is 14.8. The van der Waals surface area contributed by atoms with Crippen molar-refractivity contribution in [1.82, 2.24) is 15.0 Å². The Bertz CT molecular complexity index is 1290. The van der Waals surface area contributed by atoms with Crippen LogP contribution in [0.2, 0.25) is 5.02 Å². The number of anilines is 1. The molecular weight excluding hydrogens is 430 g/mol. The number of ether oxygens (including phenoxy) is 1. The number of hydrogen-bond acceptors (Lipinski definition) is 5. The van der Waals surface area contributed by atoms with Crippen molar-refractivity contribution in [1.29, 1.82) is 0 Å². The predicted octanol–water partition coefficient (Wildman–Crippen LogP) is 5.30. The van der Waals surface area contributed by atoms with Gasteiger partial charge in [0.2, 0.25) is 0 Å². The normalized spacial score (nSPS) is 11.0. The number of hydrogen-bond donors (Lipinski definition) is 3. The van der Waals surface area contributed by atoms with Crippen LogP contribution in [-0.2, 0) is 6.54 Å². The maximum Gasteiger partial charge on any atom is 0.336 e. The second kappa shape index (κ2) is 8.19. The number of pyridine rings is 1. The van der Waals surface area contributed by atoms with Gasteiger partial charge in [0.1, 0.15) is 23.2 Å². The third kappa shape index (κ3) is 4.26. The van der Waals surface area contributed by atoms with Crippen molar-refractivity contribution < 1.29 is 23.4 Å². The van der Waals surface area contributed by atoms with E-state index in [0.717, 1.165) is 12.1 Å². The van der Waals surface area contributed by atoms with E-state index in [4.69, 9.17) is 16.3 Å². The first-order valence-electron chi connectivity index (χ1n) is 9.06. The van der Waals surface area contributed by atoms with Crippen LogP contribution in [0.25, 0.3) is 11.2 Å². The van der Waals surface area contributed by atoms with Crippen LogP contribution in [-0.4, -0.2) is 26.0 Å². The zero-order valence-corrected chi connectivity index (χ0v) is 16.8. The number of imidazole rings is 1. The molecule has 158 valence electrons. The number of nitrogens with one attached hydrogen (secondary N) is 2. The maximum absolute atomic E-state index is 13.8. The van der Waals surface area contributed by atoms with Gasteiger partial charge in [-0.3, -0.25) is 0 Å². The van der Waals surface area contributed by atoms with E-state index in [1.54, 1.807) is 25.1 Å². The van der Waals surface area contributed by atoms with Crippen LogP contribution in [0, 0.1) is 18.6 Å². The molecule has 31 heavy (non-hydrogen) atoms. The van der Waals surface area contributed by atoms with Crippen molar-refractivity contribution >= 4 is 34.6 Å². The summed E-state index contributed by atoms with van der Waals surface area (Å²) in [6.07, 6.45) is 0. The Morgan fingerprint density at radius 1 is 1.19 bits per heavy atom. The van der Waals surface area contributed by atoms with Crippen molar-refractivity contribution in [2.24, 2.45) is 0 Å². The monoisotopic (exact) mass is 444 g/mol. The highest BCUT2D eigenvalue weighted by Gasteiger charge is 2.14. The third-order valence-corrected chi connectivity index (χ3v) is 4.84. The standard InChI is InChI=1S/C21H15ClF2N4O3/c1-10-5-6-11(7-12(10)20(29)30)31-21-26-17-8-14(22)18(27-19(17)28-21)25-9-13-15(23)3-2-4-16(13)24/h2-8H,9H2,1H3,(H,29,30)(H2,25,26,27,28). The molecule has 0 amide bonds. The van der Waals surface area contributed by atoms with Crippen LogP contribution in [0.3, 0.4) is 0 Å². The number of aromatic nitrogens is 3. The lowest BCUT2D eigenvalue weighted by Gasteiger charge is -2.09. The first-order valence-corrected chi connectivity index (χ1v) is 9.44. The van der Waals surface area contributed by atoms with Gasteiger partial charge >= 0.3 is 12.0 Å². The number of aromatic carboxylic acids is 1. The molecule has 0 atom stereocenters. The summed E-state index contributed by atoms with van der Waals surface area (Å²) in [5.74, 6) is -1.96. The summed E-state index contributed by atoms with van der Waals surface area (Å²) in [7, 11) is 0. The Labute approximate surface area is 179 Å². The van der Waals surface area contributed by atoms with E-state index in [9.17, 15) is 18.7 Å². The zero-order valence-electron chi connectivity index (χ0n) is 16.0. The number of benzene rings is 2. The third-order valence-electron chi connectivity index (χ3n) is 4.55. The molecule has 0 aliphatic rings. The summed E-state index contributed by atoms with van der Waals surface area (Å²) < 4.78 is 33.2. The van der Waals surface area contributed by atoms with E-state index in [-0.39, 0.29) is 45.9 Å². The summed E-state index contributed by atoms with van der Waals surface area (Å²) in [6.45, 7) is 1.52. The van der Waals surface area contributed by atoms with Gasteiger partial charge in [-0.05, 0) is 42.8 Å². The molecule has 2 heterocycles. The number of rotatable bonds is 6. The molecule has 4 rings (SSSR count). The fourth-order valence-electron chi connectivity index (χ4n) is 2.95. The Kier molecular flexibility index (Phi) is 5.43. The van der Waals surface area contributed by atoms with Gasteiger partial charge in [-0.2, -0.15) is 4.98 Å². The van der Waals surface area contributed by atoms with E-state index in [1.165, 1.54) is 12.1 Å². The molecule has 0 spiro atoms. The van der Waals surface area contributed by atoms with Crippen molar-refractivity contribution in [3.63, 3.8) is 0 Å². The molecule has 10 heteroatoms. The number of carbonyl (C=O) groups is 1. The Hall–Kier alpha value is -3.72. The second-order valence-corrected chi connectivity index (χ2v) is 7.08. The lowest BCUT2D eigenvalue weighted by atomic mass is 10.1. The minimum atomic E-state index is -1.07. The molecule has 0 unspecified atom stereocenters. The Balaban J connectivity index is 1.58. The predicted molar refractivity (Wildman–Crippen MR) is 111 cm³/mol. The molecular formula is C21H15ClF2N4O3. The zero-order chi connectivity index (χ0) is 22.1. The van der Waals surface area contributed by atoms with Crippen molar-refractivity contribution in [3.8, 4) is 11.8 Å². The van der Waals surface area contributed by atoms with Gasteiger partial charge in [0.05, 0.1) is 16.1 Å². The van der Waals surface area contributed by atoms with Crippen LogP contribution in [0.15, 0.2) is 42.5 Å². The molecule has 0 bridgehead atoms. The van der Waals surface area contributed by atoms with Crippen molar-refractivity contribution in [2.75, 3.05) is 5.32 Å². The number of carboxylic acid groups (broad SMARTS) is 1. The van der Waals surface area contributed by atoms with Gasteiger partial charge in [-0.25, -0.2) is 18.6 Å². The van der Waals surface area contributed by atoms with Crippen molar-refractivity contribution in [3.05, 3.63) is 75.8 Å². The second-order valence-electron chi connectivity index (χ2n) is 6.67. The minimum Gasteiger partial charge on any atom is -0.478 e. The first kappa shape index (κ1) is 20.5. The molecule has 0 aliphatic heterocycles. The summed E-state index contributed by atoms with van der Waals surface area (Å²) in [4.78, 5) is 22.7. The summed E-state index contributed by atoms with van der Waals surface area (Å²) in [5, 5.41) is 12.3. The van der Waals surface area contributed by atoms with E-state index >= 15 is 0 Å². The van der Waals surface area contributed by atoms with E-state index in [0.29, 0.717) is 11.1 Å². The van der Waals surface area contributed by atoms with Crippen LogP contribution in [0.5, 0.6) is 11.8 Å². The molecule has 7 nitrogen and oxygen atoms in total. The van der Waals surface area contributed by atoms with Gasteiger partial charge in [-0.1, -0.05) is 23.7 Å². The van der Waals surface area contributed by atoms with Gasteiger partial charge in [-0.15, -0.1) is 0 Å². The molecule has 0 aliphatic carbocycles. The number of carboxylic acids is 1. The van der Waals surface area contributed by atoms with Gasteiger partial charge in [0.25, 0.3) is 0 Å². The molecule has 2 aromatic carbocycles. The Morgan fingerprint density at radius 2 is 1.94 bits per heavy atom. The van der Waals surface area contributed by atoms with Crippen LogP contribution in [0.1, 0.15) is 21.5 Å². The summed E-state index contributed by atoms with van der Waals surface area (Å²) >= 11 is 6.23. The van der Waals surface area contributed by atoms with Crippen molar-refractivity contribution in [2.45, 2.75) is 13.5 Å². The van der Waals surface area contributed by atoms with Gasteiger partial charge in [0, 0.05) is 12.1 Å². The van der Waals surface area contributed by atoms with Crippen LogP contribution in [0.4, 0.5) is 14.6 Å². The number of nitrogens with zero attached hydrogens (tertiary/aromatic N) is 2. The topological polar surface area (TPSA) is 100 Å². The fraction of sp³-hybridized carbons (Fsp3) is 0.0952.